The third-order valence-corrected chi connectivity index (χ3v) is 3.00. The normalized spacial score (nSPS) is 14.1. The molecule has 1 atom stereocenters. The molecule has 5 nitrogen and oxygen atoms in total. The molecule has 6 heteroatoms. The molecule has 1 unspecified atom stereocenters. The van der Waals surface area contributed by atoms with Crippen molar-refractivity contribution in [2.45, 2.75) is 12.5 Å². The number of nitrogens with zero attached hydrogens (tertiary/aromatic N) is 1. The number of thioether (sulfide) groups is 1. The Morgan fingerprint density at radius 3 is 2.94 bits per heavy atom. The molecule has 0 aliphatic rings. The van der Waals surface area contributed by atoms with E-state index in [1.165, 1.54) is 30.1 Å². The summed E-state index contributed by atoms with van der Waals surface area (Å²) in [5.74, 6) is -0.152. The summed E-state index contributed by atoms with van der Waals surface area (Å²) >= 11 is 1.49. The van der Waals surface area contributed by atoms with Crippen molar-refractivity contribution in [1.82, 2.24) is 10.3 Å². The molecule has 0 aliphatic heterocycles. The largest absolute Gasteiger partial charge is 0.505 e. The predicted octanol–water partition coefficient (Wildman–Crippen LogP) is 0.631. The van der Waals surface area contributed by atoms with E-state index in [1.54, 1.807) is 6.92 Å². The van der Waals surface area contributed by atoms with Gasteiger partial charge in [0.05, 0.1) is 5.60 Å². The minimum Gasteiger partial charge on any atom is -0.505 e. The van der Waals surface area contributed by atoms with Gasteiger partial charge in [-0.25, -0.2) is 4.98 Å². The molecule has 0 aliphatic carbocycles. The number of carbonyl (C=O) groups is 1. The van der Waals surface area contributed by atoms with Crippen molar-refractivity contribution in [3.05, 3.63) is 24.0 Å². The fraction of sp³-hybridized carbons (Fsp3) is 0.455. The van der Waals surface area contributed by atoms with Crippen LogP contribution in [0.3, 0.4) is 0 Å². The maximum Gasteiger partial charge on any atom is 0.273 e. The lowest BCUT2D eigenvalue weighted by molar-refractivity contribution is 0.0720. The van der Waals surface area contributed by atoms with Crippen molar-refractivity contribution < 1.29 is 15.0 Å². The van der Waals surface area contributed by atoms with Crippen LogP contribution in [0.15, 0.2) is 18.3 Å². The molecule has 1 heterocycles. The minimum atomic E-state index is -0.973. The van der Waals surface area contributed by atoms with Gasteiger partial charge in [-0.3, -0.25) is 4.79 Å². The minimum absolute atomic E-state index is 0.0348. The first kappa shape index (κ1) is 13.8. The number of aliphatic hydroxyl groups is 1. The van der Waals surface area contributed by atoms with Gasteiger partial charge in [0.2, 0.25) is 0 Å². The Labute approximate surface area is 104 Å². The van der Waals surface area contributed by atoms with Gasteiger partial charge in [0.1, 0.15) is 5.75 Å². The van der Waals surface area contributed by atoms with Crippen LogP contribution in [0.25, 0.3) is 0 Å². The molecule has 1 rings (SSSR count). The lowest BCUT2D eigenvalue weighted by atomic mass is 10.1. The summed E-state index contributed by atoms with van der Waals surface area (Å²) in [6, 6.07) is 2.93. The van der Waals surface area contributed by atoms with E-state index in [0.29, 0.717) is 5.75 Å². The fourth-order valence-electron chi connectivity index (χ4n) is 1.29. The summed E-state index contributed by atoms with van der Waals surface area (Å²) in [6.45, 7) is 1.75. The molecule has 3 N–H and O–H groups in total. The Bertz CT molecular complexity index is 396. The van der Waals surface area contributed by atoms with Crippen LogP contribution in [-0.2, 0) is 0 Å². The topological polar surface area (TPSA) is 82.5 Å². The first-order valence-corrected chi connectivity index (χ1v) is 6.49. The molecule has 0 saturated heterocycles. The second-order valence-corrected chi connectivity index (χ2v) is 4.85. The lowest BCUT2D eigenvalue weighted by Gasteiger charge is -2.22. The summed E-state index contributed by atoms with van der Waals surface area (Å²) in [5, 5.41) is 21.8. The molecule has 1 amide bonds. The van der Waals surface area contributed by atoms with Crippen LogP contribution in [0.5, 0.6) is 5.75 Å². The summed E-state index contributed by atoms with van der Waals surface area (Å²) in [5.41, 5.74) is -1.01. The van der Waals surface area contributed by atoms with Gasteiger partial charge in [-0.05, 0) is 25.3 Å². The van der Waals surface area contributed by atoms with E-state index in [9.17, 15) is 15.0 Å². The first-order valence-electron chi connectivity index (χ1n) is 5.10. The second kappa shape index (κ2) is 5.88. The monoisotopic (exact) mass is 256 g/mol. The van der Waals surface area contributed by atoms with Gasteiger partial charge in [0.15, 0.2) is 5.69 Å². The number of hydrogen-bond acceptors (Lipinski definition) is 5. The van der Waals surface area contributed by atoms with Crippen LogP contribution in [0.1, 0.15) is 17.4 Å². The number of aromatic nitrogens is 1. The van der Waals surface area contributed by atoms with Crippen molar-refractivity contribution in [3.8, 4) is 5.75 Å². The standard InChI is InChI=1S/C11H16N2O3S/c1-11(16,7-17-2)6-13-10(15)9-8(14)4-3-5-12-9/h3-5,14,16H,6-7H2,1-2H3,(H,13,15). The average molecular weight is 256 g/mol. The molecule has 0 saturated carbocycles. The Kier molecular flexibility index (Phi) is 4.77. The van der Waals surface area contributed by atoms with Crippen molar-refractivity contribution in [2.24, 2.45) is 0 Å². The highest BCUT2D eigenvalue weighted by Gasteiger charge is 2.21. The number of aromatic hydroxyl groups is 1. The molecular formula is C11H16N2O3S. The van der Waals surface area contributed by atoms with E-state index in [2.05, 4.69) is 10.3 Å². The Hall–Kier alpha value is -1.27. The van der Waals surface area contributed by atoms with Gasteiger partial charge in [0.25, 0.3) is 5.91 Å². The van der Waals surface area contributed by atoms with Crippen LogP contribution in [-0.4, -0.2) is 45.3 Å². The molecular weight excluding hydrogens is 240 g/mol. The predicted molar refractivity (Wildman–Crippen MR) is 67.2 cm³/mol. The number of amides is 1. The lowest BCUT2D eigenvalue weighted by Crippen LogP contribution is -2.42. The van der Waals surface area contributed by atoms with Gasteiger partial charge in [-0.1, -0.05) is 0 Å². The highest BCUT2D eigenvalue weighted by molar-refractivity contribution is 7.98. The molecule has 0 radical (unpaired) electrons. The van der Waals surface area contributed by atoms with Gasteiger partial charge >= 0.3 is 0 Å². The molecule has 94 valence electrons. The molecule has 1 aromatic heterocycles. The number of nitrogens with one attached hydrogen (secondary N) is 1. The summed E-state index contributed by atoms with van der Waals surface area (Å²) < 4.78 is 0. The highest BCUT2D eigenvalue weighted by atomic mass is 32.2. The molecule has 0 bridgehead atoms. The third-order valence-electron chi connectivity index (χ3n) is 2.09. The quantitative estimate of drug-likeness (QED) is 0.720. The van der Waals surface area contributed by atoms with E-state index in [-0.39, 0.29) is 18.0 Å². The highest BCUT2D eigenvalue weighted by Crippen LogP contribution is 2.13. The van der Waals surface area contributed by atoms with Crippen molar-refractivity contribution in [1.29, 1.82) is 0 Å². The SMILES string of the molecule is CSCC(C)(O)CNC(=O)c1ncccc1O. The second-order valence-electron chi connectivity index (χ2n) is 3.98. The average Bonchev–Trinajstić information content (AvgIpc) is 2.27. The van der Waals surface area contributed by atoms with E-state index >= 15 is 0 Å². The Morgan fingerprint density at radius 1 is 1.65 bits per heavy atom. The summed E-state index contributed by atoms with van der Waals surface area (Å²) in [6.07, 6.45) is 3.30. The van der Waals surface area contributed by atoms with Crippen molar-refractivity contribution >= 4 is 17.7 Å². The summed E-state index contributed by atoms with van der Waals surface area (Å²) in [4.78, 5) is 15.4. The van der Waals surface area contributed by atoms with Crippen molar-refractivity contribution in [2.75, 3.05) is 18.6 Å². The molecule has 1 aromatic rings. The van der Waals surface area contributed by atoms with E-state index in [0.717, 1.165) is 0 Å². The zero-order chi connectivity index (χ0) is 12.9. The van der Waals surface area contributed by atoms with Crippen LogP contribution in [0.4, 0.5) is 0 Å². The van der Waals surface area contributed by atoms with Crippen LogP contribution in [0.2, 0.25) is 0 Å². The van der Waals surface area contributed by atoms with Gasteiger partial charge in [-0.2, -0.15) is 11.8 Å². The van der Waals surface area contributed by atoms with Crippen molar-refractivity contribution in [3.63, 3.8) is 0 Å². The van der Waals surface area contributed by atoms with E-state index < -0.39 is 11.5 Å². The van der Waals surface area contributed by atoms with Crippen LogP contribution < -0.4 is 5.32 Å². The molecule has 0 spiro atoms. The van der Waals surface area contributed by atoms with E-state index in [4.69, 9.17) is 0 Å². The number of rotatable bonds is 5. The molecule has 0 aromatic carbocycles. The maximum atomic E-state index is 11.7. The molecule has 0 fully saturated rings. The Morgan fingerprint density at radius 2 is 2.35 bits per heavy atom. The number of pyridine rings is 1. The fourth-order valence-corrected chi connectivity index (χ4v) is 2.01. The number of carbonyl (C=O) groups excluding carboxylic acids is 1. The molecule has 17 heavy (non-hydrogen) atoms. The maximum absolute atomic E-state index is 11.7. The smallest absolute Gasteiger partial charge is 0.273 e. The number of hydrogen-bond donors (Lipinski definition) is 3. The zero-order valence-electron chi connectivity index (χ0n) is 9.80. The third kappa shape index (κ3) is 4.24. The van der Waals surface area contributed by atoms with Crippen LogP contribution in [0, 0.1) is 0 Å². The van der Waals surface area contributed by atoms with E-state index in [1.807, 2.05) is 6.26 Å². The Balaban J connectivity index is 2.59. The van der Waals surface area contributed by atoms with Gasteiger partial charge in [0, 0.05) is 18.5 Å². The summed E-state index contributed by atoms with van der Waals surface area (Å²) in [7, 11) is 0. The zero-order valence-corrected chi connectivity index (χ0v) is 10.6. The first-order chi connectivity index (χ1) is 7.96. The van der Waals surface area contributed by atoms with Gasteiger partial charge in [-0.15, -0.1) is 0 Å². The van der Waals surface area contributed by atoms with Crippen LogP contribution >= 0.6 is 11.8 Å². The van der Waals surface area contributed by atoms with Gasteiger partial charge < -0.3 is 15.5 Å².